The highest BCUT2D eigenvalue weighted by Gasteiger charge is 2.23. The summed E-state index contributed by atoms with van der Waals surface area (Å²) in [7, 11) is 1.61. The van der Waals surface area contributed by atoms with Crippen LogP contribution in [0.1, 0.15) is 30.6 Å². The predicted molar refractivity (Wildman–Crippen MR) is 84.7 cm³/mol. The van der Waals surface area contributed by atoms with Crippen molar-refractivity contribution in [2.75, 3.05) is 7.11 Å². The number of nitrogens with two attached hydrogens (primary N) is 1. The minimum absolute atomic E-state index is 0.288. The Hall–Kier alpha value is -1.27. The third-order valence-electron chi connectivity index (χ3n) is 3.22. The van der Waals surface area contributed by atoms with E-state index < -0.39 is 0 Å². The van der Waals surface area contributed by atoms with E-state index in [2.05, 4.69) is 17.4 Å². The van der Waals surface area contributed by atoms with Gasteiger partial charge in [0.2, 0.25) is 0 Å². The van der Waals surface area contributed by atoms with E-state index in [0.29, 0.717) is 15.8 Å². The number of rotatable bonds is 6. The predicted octanol–water partition coefficient (Wildman–Crippen LogP) is 3.16. The van der Waals surface area contributed by atoms with Gasteiger partial charge in [-0.1, -0.05) is 36.2 Å². The maximum absolute atomic E-state index is 6.10. The monoisotopic (exact) mass is 328 g/mol. The van der Waals surface area contributed by atoms with Crippen LogP contribution in [0.4, 0.5) is 0 Å². The molecule has 21 heavy (non-hydrogen) atoms. The number of nitrogens with one attached hydrogen (secondary N) is 1. The molecule has 0 bridgehead atoms. The van der Waals surface area contributed by atoms with E-state index >= 15 is 0 Å². The first-order valence-electron chi connectivity index (χ1n) is 6.63. The second kappa shape index (κ2) is 7.13. The molecular formula is C14H18Cl2N4O. The molecule has 0 spiro atoms. The van der Waals surface area contributed by atoms with Crippen LogP contribution in [0.5, 0.6) is 5.75 Å². The summed E-state index contributed by atoms with van der Waals surface area (Å²) in [6.07, 6.45) is 2.64. The van der Waals surface area contributed by atoms with Gasteiger partial charge in [-0.15, -0.1) is 0 Å². The van der Waals surface area contributed by atoms with Crippen LogP contribution in [0.25, 0.3) is 0 Å². The van der Waals surface area contributed by atoms with Gasteiger partial charge >= 0.3 is 0 Å². The average molecular weight is 329 g/mol. The van der Waals surface area contributed by atoms with E-state index in [1.807, 2.05) is 10.7 Å². The topological polar surface area (TPSA) is 65.1 Å². The zero-order valence-corrected chi connectivity index (χ0v) is 13.4. The summed E-state index contributed by atoms with van der Waals surface area (Å²) < 4.78 is 7.27. The maximum Gasteiger partial charge on any atom is 0.161 e. The fraction of sp³-hybridized carbons (Fsp3) is 0.357. The lowest BCUT2D eigenvalue weighted by Gasteiger charge is -2.20. The average Bonchev–Trinajstić information content (AvgIpc) is 2.87. The van der Waals surface area contributed by atoms with Gasteiger partial charge in [0.1, 0.15) is 5.69 Å². The fourth-order valence-electron chi connectivity index (χ4n) is 2.24. The maximum atomic E-state index is 6.10. The molecule has 0 amide bonds. The fourth-order valence-corrected chi connectivity index (χ4v) is 2.55. The molecule has 114 valence electrons. The normalized spacial score (nSPS) is 12.4. The smallest absolute Gasteiger partial charge is 0.161 e. The SMILES string of the molecule is CCCn1ncc(OC)c1C(NN)c1ccc(Cl)c(Cl)c1. The second-order valence-electron chi connectivity index (χ2n) is 4.59. The zero-order chi connectivity index (χ0) is 15.4. The Morgan fingerprint density at radius 3 is 2.71 bits per heavy atom. The van der Waals surface area contributed by atoms with Gasteiger partial charge in [0.15, 0.2) is 5.75 Å². The third kappa shape index (κ3) is 3.32. The Morgan fingerprint density at radius 1 is 1.38 bits per heavy atom. The van der Waals surface area contributed by atoms with Crippen LogP contribution < -0.4 is 16.0 Å². The summed E-state index contributed by atoms with van der Waals surface area (Å²) in [5.41, 5.74) is 4.55. The number of hydrogen-bond donors (Lipinski definition) is 2. The van der Waals surface area contributed by atoms with Crippen LogP contribution in [-0.4, -0.2) is 16.9 Å². The van der Waals surface area contributed by atoms with Gasteiger partial charge in [-0.25, -0.2) is 5.43 Å². The summed E-state index contributed by atoms with van der Waals surface area (Å²) in [4.78, 5) is 0. The Balaban J connectivity index is 2.49. The molecule has 1 unspecified atom stereocenters. The van der Waals surface area contributed by atoms with Crippen LogP contribution in [0.3, 0.4) is 0 Å². The van der Waals surface area contributed by atoms with Crippen molar-refractivity contribution in [1.29, 1.82) is 0 Å². The molecule has 7 heteroatoms. The number of ether oxygens (including phenoxy) is 1. The molecule has 0 aliphatic rings. The molecule has 1 aromatic carbocycles. The van der Waals surface area contributed by atoms with E-state index in [1.54, 1.807) is 25.4 Å². The number of benzene rings is 1. The number of methoxy groups -OCH3 is 1. The van der Waals surface area contributed by atoms with Crippen molar-refractivity contribution in [3.05, 3.63) is 45.7 Å². The summed E-state index contributed by atoms with van der Waals surface area (Å²) >= 11 is 12.1. The quantitative estimate of drug-likeness (QED) is 0.631. The van der Waals surface area contributed by atoms with Crippen molar-refractivity contribution in [1.82, 2.24) is 15.2 Å². The van der Waals surface area contributed by atoms with Gasteiger partial charge in [0.25, 0.3) is 0 Å². The number of aryl methyl sites for hydroxylation is 1. The second-order valence-corrected chi connectivity index (χ2v) is 5.41. The van der Waals surface area contributed by atoms with Crippen LogP contribution in [-0.2, 0) is 6.54 Å². The van der Waals surface area contributed by atoms with Crippen LogP contribution >= 0.6 is 23.2 Å². The van der Waals surface area contributed by atoms with Crippen LogP contribution in [0.15, 0.2) is 24.4 Å². The van der Waals surface area contributed by atoms with E-state index in [9.17, 15) is 0 Å². The van der Waals surface area contributed by atoms with Gasteiger partial charge in [0, 0.05) is 6.54 Å². The number of hydrogen-bond acceptors (Lipinski definition) is 4. The summed E-state index contributed by atoms with van der Waals surface area (Å²) in [5.74, 6) is 6.43. The molecule has 3 N–H and O–H groups in total. The van der Waals surface area contributed by atoms with Gasteiger partial charge in [-0.3, -0.25) is 10.5 Å². The Morgan fingerprint density at radius 2 is 2.14 bits per heavy atom. The number of halogens is 2. The Labute approximate surface area is 134 Å². The lowest BCUT2D eigenvalue weighted by molar-refractivity contribution is 0.398. The molecular weight excluding hydrogens is 311 g/mol. The van der Waals surface area contributed by atoms with E-state index in [1.165, 1.54) is 0 Å². The van der Waals surface area contributed by atoms with Gasteiger partial charge in [0.05, 0.1) is 29.4 Å². The Kier molecular flexibility index (Phi) is 5.47. The molecule has 0 aliphatic heterocycles. The minimum atomic E-state index is -0.288. The lowest BCUT2D eigenvalue weighted by atomic mass is 10.0. The molecule has 0 saturated heterocycles. The number of nitrogens with zero attached hydrogens (tertiary/aromatic N) is 2. The molecule has 0 fully saturated rings. The van der Waals surface area contributed by atoms with E-state index in [4.69, 9.17) is 33.8 Å². The molecule has 1 heterocycles. The van der Waals surface area contributed by atoms with Crippen molar-refractivity contribution in [2.24, 2.45) is 5.84 Å². The molecule has 0 saturated carbocycles. The first-order valence-corrected chi connectivity index (χ1v) is 7.38. The van der Waals surface area contributed by atoms with Crippen LogP contribution in [0, 0.1) is 0 Å². The highest BCUT2D eigenvalue weighted by atomic mass is 35.5. The van der Waals surface area contributed by atoms with E-state index in [-0.39, 0.29) is 6.04 Å². The van der Waals surface area contributed by atoms with Crippen molar-refractivity contribution in [3.8, 4) is 5.75 Å². The standard InChI is InChI=1S/C14H18Cl2N4O/c1-3-6-20-14(12(21-2)8-18-20)13(19-17)9-4-5-10(15)11(16)7-9/h4-5,7-8,13,19H,3,6,17H2,1-2H3. The number of aromatic nitrogens is 2. The van der Waals surface area contributed by atoms with Crippen molar-refractivity contribution in [2.45, 2.75) is 25.9 Å². The first-order chi connectivity index (χ1) is 10.1. The van der Waals surface area contributed by atoms with Gasteiger partial charge < -0.3 is 4.74 Å². The summed E-state index contributed by atoms with van der Waals surface area (Å²) in [6.45, 7) is 2.86. The Bertz CT molecular complexity index is 615. The van der Waals surface area contributed by atoms with Gasteiger partial charge in [-0.2, -0.15) is 5.10 Å². The van der Waals surface area contributed by atoms with Gasteiger partial charge in [-0.05, 0) is 24.1 Å². The molecule has 2 aromatic rings. The third-order valence-corrected chi connectivity index (χ3v) is 3.96. The number of hydrazine groups is 1. The summed E-state index contributed by atoms with van der Waals surface area (Å²) in [5, 5.41) is 5.33. The largest absolute Gasteiger partial charge is 0.493 e. The molecule has 2 rings (SSSR count). The van der Waals surface area contributed by atoms with Crippen molar-refractivity contribution in [3.63, 3.8) is 0 Å². The molecule has 1 atom stereocenters. The lowest BCUT2D eigenvalue weighted by Crippen LogP contribution is -2.31. The van der Waals surface area contributed by atoms with Crippen molar-refractivity contribution >= 4 is 23.2 Å². The molecule has 0 radical (unpaired) electrons. The van der Waals surface area contributed by atoms with E-state index in [0.717, 1.165) is 24.2 Å². The first kappa shape index (κ1) is 16.1. The molecule has 0 aliphatic carbocycles. The van der Waals surface area contributed by atoms with Crippen LogP contribution in [0.2, 0.25) is 10.0 Å². The van der Waals surface area contributed by atoms with Crippen molar-refractivity contribution < 1.29 is 4.74 Å². The summed E-state index contributed by atoms with van der Waals surface area (Å²) in [6, 6.07) is 5.12. The minimum Gasteiger partial charge on any atom is -0.493 e. The highest BCUT2D eigenvalue weighted by molar-refractivity contribution is 6.42. The zero-order valence-electron chi connectivity index (χ0n) is 11.9. The molecule has 1 aromatic heterocycles. The molecule has 5 nitrogen and oxygen atoms in total. The highest BCUT2D eigenvalue weighted by Crippen LogP contribution is 2.32.